The van der Waals surface area contributed by atoms with E-state index in [4.69, 9.17) is 4.42 Å². The highest BCUT2D eigenvalue weighted by Gasteiger charge is 2.17. The van der Waals surface area contributed by atoms with Crippen molar-refractivity contribution in [3.05, 3.63) is 60.1 Å². The first-order valence-corrected chi connectivity index (χ1v) is 7.36. The van der Waals surface area contributed by atoms with Crippen LogP contribution in [0.15, 0.2) is 53.1 Å². The van der Waals surface area contributed by atoms with Gasteiger partial charge in [0.05, 0.1) is 12.2 Å². The number of carbonyl (C=O) groups is 2. The monoisotopic (exact) mass is 300 g/mol. The van der Waals surface area contributed by atoms with E-state index in [1.165, 1.54) is 6.26 Å². The maximum atomic E-state index is 12.2. The summed E-state index contributed by atoms with van der Waals surface area (Å²) in [4.78, 5) is 23.9. The van der Waals surface area contributed by atoms with Crippen molar-refractivity contribution in [3.8, 4) is 0 Å². The van der Waals surface area contributed by atoms with Gasteiger partial charge in [0.15, 0.2) is 5.76 Å². The van der Waals surface area contributed by atoms with Gasteiger partial charge in [0.2, 0.25) is 5.91 Å². The number of nitrogens with one attached hydrogen (secondary N) is 2. The van der Waals surface area contributed by atoms with Crippen molar-refractivity contribution < 1.29 is 14.0 Å². The molecule has 0 spiro atoms. The summed E-state index contributed by atoms with van der Waals surface area (Å²) in [6.45, 7) is 2.72. The lowest BCUT2D eigenvalue weighted by Gasteiger charge is -2.15. The van der Waals surface area contributed by atoms with Gasteiger partial charge < -0.3 is 15.1 Å². The summed E-state index contributed by atoms with van der Waals surface area (Å²) in [5.41, 5.74) is 1.00. The van der Waals surface area contributed by atoms with Crippen LogP contribution in [0, 0.1) is 0 Å². The summed E-state index contributed by atoms with van der Waals surface area (Å²) in [7, 11) is 0. The summed E-state index contributed by atoms with van der Waals surface area (Å²) in [5.74, 6) is -0.209. The molecule has 0 aliphatic heterocycles. The normalized spacial score (nSPS) is 11.7. The third-order valence-corrected chi connectivity index (χ3v) is 3.38. The molecule has 116 valence electrons. The molecule has 2 N–H and O–H groups in total. The third-order valence-electron chi connectivity index (χ3n) is 3.38. The zero-order valence-corrected chi connectivity index (χ0v) is 12.5. The summed E-state index contributed by atoms with van der Waals surface area (Å²) >= 11 is 0. The molecule has 1 aromatic heterocycles. The maximum Gasteiger partial charge on any atom is 0.287 e. The van der Waals surface area contributed by atoms with E-state index in [1.807, 2.05) is 37.3 Å². The van der Waals surface area contributed by atoms with Crippen LogP contribution in [-0.2, 0) is 4.79 Å². The van der Waals surface area contributed by atoms with E-state index in [0.717, 1.165) is 12.0 Å². The van der Waals surface area contributed by atoms with E-state index >= 15 is 0 Å². The Labute approximate surface area is 129 Å². The number of amides is 2. The topological polar surface area (TPSA) is 71.3 Å². The first-order chi connectivity index (χ1) is 10.7. The van der Waals surface area contributed by atoms with Crippen LogP contribution in [0.4, 0.5) is 0 Å². The Bertz CT molecular complexity index is 594. The Morgan fingerprint density at radius 3 is 2.41 bits per heavy atom. The highest BCUT2D eigenvalue weighted by molar-refractivity contribution is 5.91. The molecule has 0 saturated carbocycles. The molecule has 22 heavy (non-hydrogen) atoms. The second-order valence-electron chi connectivity index (χ2n) is 4.90. The van der Waals surface area contributed by atoms with Crippen LogP contribution < -0.4 is 10.6 Å². The SMILES string of the molecule is CCC(C(=O)NCCNC(=O)c1ccco1)c1ccccc1. The van der Waals surface area contributed by atoms with E-state index in [-0.39, 0.29) is 23.5 Å². The fraction of sp³-hybridized carbons (Fsp3) is 0.294. The second-order valence-corrected chi connectivity index (χ2v) is 4.90. The van der Waals surface area contributed by atoms with Crippen LogP contribution in [0.3, 0.4) is 0 Å². The first-order valence-electron chi connectivity index (χ1n) is 7.36. The van der Waals surface area contributed by atoms with Gasteiger partial charge in [-0.15, -0.1) is 0 Å². The molecule has 1 atom stereocenters. The highest BCUT2D eigenvalue weighted by atomic mass is 16.3. The van der Waals surface area contributed by atoms with Crippen LogP contribution in [-0.4, -0.2) is 24.9 Å². The molecular formula is C17H20N2O3. The minimum Gasteiger partial charge on any atom is -0.459 e. The van der Waals surface area contributed by atoms with Crippen LogP contribution in [0.25, 0.3) is 0 Å². The lowest BCUT2D eigenvalue weighted by molar-refractivity contribution is -0.122. The number of hydrogen-bond acceptors (Lipinski definition) is 3. The summed E-state index contributed by atoms with van der Waals surface area (Å²) in [5, 5.41) is 5.54. The van der Waals surface area contributed by atoms with Crippen LogP contribution in [0.5, 0.6) is 0 Å². The van der Waals surface area contributed by atoms with Crippen molar-refractivity contribution in [2.75, 3.05) is 13.1 Å². The quantitative estimate of drug-likeness (QED) is 0.771. The fourth-order valence-corrected chi connectivity index (χ4v) is 2.24. The van der Waals surface area contributed by atoms with Crippen molar-refractivity contribution in [3.63, 3.8) is 0 Å². The molecule has 5 nitrogen and oxygen atoms in total. The van der Waals surface area contributed by atoms with E-state index < -0.39 is 0 Å². The minimum absolute atomic E-state index is 0.0269. The molecule has 2 aromatic rings. The Kier molecular flexibility index (Phi) is 5.77. The number of hydrogen-bond donors (Lipinski definition) is 2. The van der Waals surface area contributed by atoms with Crippen molar-refractivity contribution in [1.82, 2.24) is 10.6 Å². The van der Waals surface area contributed by atoms with Crippen molar-refractivity contribution in [2.24, 2.45) is 0 Å². The van der Waals surface area contributed by atoms with Gasteiger partial charge in [-0.05, 0) is 24.1 Å². The lowest BCUT2D eigenvalue weighted by Crippen LogP contribution is -2.36. The smallest absolute Gasteiger partial charge is 0.287 e. The lowest BCUT2D eigenvalue weighted by atomic mass is 9.96. The number of furan rings is 1. The Hall–Kier alpha value is -2.56. The van der Waals surface area contributed by atoms with E-state index in [0.29, 0.717) is 13.1 Å². The van der Waals surface area contributed by atoms with Gasteiger partial charge >= 0.3 is 0 Å². The number of benzene rings is 1. The van der Waals surface area contributed by atoms with Gasteiger partial charge in [0, 0.05) is 13.1 Å². The second kappa shape index (κ2) is 8.02. The third kappa shape index (κ3) is 4.22. The minimum atomic E-state index is -0.283. The van der Waals surface area contributed by atoms with Gasteiger partial charge in [-0.1, -0.05) is 37.3 Å². The van der Waals surface area contributed by atoms with Gasteiger partial charge in [-0.25, -0.2) is 0 Å². The van der Waals surface area contributed by atoms with Crippen LogP contribution >= 0.6 is 0 Å². The fourth-order valence-electron chi connectivity index (χ4n) is 2.24. The zero-order valence-electron chi connectivity index (χ0n) is 12.5. The summed E-state index contributed by atoms with van der Waals surface area (Å²) < 4.78 is 4.99. The predicted octanol–water partition coefficient (Wildman–Crippen LogP) is 2.32. The van der Waals surface area contributed by atoms with Crippen molar-refractivity contribution >= 4 is 11.8 Å². The molecule has 1 heterocycles. The number of carbonyl (C=O) groups excluding carboxylic acids is 2. The Morgan fingerprint density at radius 2 is 1.77 bits per heavy atom. The Morgan fingerprint density at radius 1 is 1.05 bits per heavy atom. The van der Waals surface area contributed by atoms with E-state index in [9.17, 15) is 9.59 Å². The average Bonchev–Trinajstić information content (AvgIpc) is 3.07. The molecule has 1 aromatic carbocycles. The molecule has 2 rings (SSSR count). The predicted molar refractivity (Wildman–Crippen MR) is 83.5 cm³/mol. The van der Waals surface area contributed by atoms with Crippen LogP contribution in [0.2, 0.25) is 0 Å². The molecular weight excluding hydrogens is 280 g/mol. The molecule has 0 aliphatic carbocycles. The molecule has 1 unspecified atom stereocenters. The van der Waals surface area contributed by atoms with Crippen LogP contribution in [0.1, 0.15) is 35.4 Å². The molecule has 0 bridgehead atoms. The molecule has 0 saturated heterocycles. The first kappa shape index (κ1) is 15.8. The number of rotatable bonds is 7. The molecule has 5 heteroatoms. The van der Waals surface area contributed by atoms with Crippen molar-refractivity contribution in [1.29, 1.82) is 0 Å². The molecule has 2 amide bonds. The molecule has 0 aliphatic rings. The molecule has 0 radical (unpaired) electrons. The maximum absolute atomic E-state index is 12.2. The van der Waals surface area contributed by atoms with Crippen molar-refractivity contribution in [2.45, 2.75) is 19.3 Å². The average molecular weight is 300 g/mol. The highest BCUT2D eigenvalue weighted by Crippen LogP contribution is 2.18. The summed E-state index contributed by atoms with van der Waals surface area (Å²) in [6, 6.07) is 12.9. The van der Waals surface area contributed by atoms with Gasteiger partial charge in [-0.3, -0.25) is 9.59 Å². The standard InChI is InChI=1S/C17H20N2O3/c1-2-14(13-7-4-3-5-8-13)16(20)18-10-11-19-17(21)15-9-6-12-22-15/h3-9,12,14H,2,10-11H2,1H3,(H,18,20)(H,19,21). The van der Waals surface area contributed by atoms with E-state index in [2.05, 4.69) is 10.6 Å². The van der Waals surface area contributed by atoms with Gasteiger partial charge in [-0.2, -0.15) is 0 Å². The summed E-state index contributed by atoms with van der Waals surface area (Å²) in [6.07, 6.45) is 2.18. The van der Waals surface area contributed by atoms with Gasteiger partial charge in [0.1, 0.15) is 0 Å². The zero-order chi connectivity index (χ0) is 15.8. The van der Waals surface area contributed by atoms with E-state index in [1.54, 1.807) is 12.1 Å². The largest absolute Gasteiger partial charge is 0.459 e. The molecule has 0 fully saturated rings. The van der Waals surface area contributed by atoms with Gasteiger partial charge in [0.25, 0.3) is 5.91 Å². The Balaban J connectivity index is 1.76.